The average Bonchev–Trinajstić information content (AvgIpc) is 2.07. The molecule has 1 unspecified atom stereocenters. The van der Waals surface area contributed by atoms with Gasteiger partial charge in [0.1, 0.15) is 0 Å². The lowest BCUT2D eigenvalue weighted by atomic mass is 10.1. The summed E-state index contributed by atoms with van der Waals surface area (Å²) in [7, 11) is 2.10. The summed E-state index contributed by atoms with van der Waals surface area (Å²) in [5.41, 5.74) is 2.65. The smallest absolute Gasteiger partial charge is 0.0435 e. The van der Waals surface area contributed by atoms with Crippen molar-refractivity contribution in [1.29, 1.82) is 0 Å². The van der Waals surface area contributed by atoms with Gasteiger partial charge in [0.05, 0.1) is 0 Å². The molecule has 0 saturated carbocycles. The molecule has 0 saturated heterocycles. The Balaban J connectivity index is 2.47. The maximum Gasteiger partial charge on any atom is 0.0435 e. The van der Waals surface area contributed by atoms with Crippen molar-refractivity contribution in [3.8, 4) is 0 Å². The van der Waals surface area contributed by atoms with Crippen LogP contribution in [0.2, 0.25) is 0 Å². The fourth-order valence-electron chi connectivity index (χ4n) is 1.50. The minimum absolute atomic E-state index is 0.213. The molecule has 0 radical (unpaired) electrons. The first-order valence-electron chi connectivity index (χ1n) is 4.96. The third-order valence-electron chi connectivity index (χ3n) is 2.14. The van der Waals surface area contributed by atoms with E-state index in [1.165, 1.54) is 11.1 Å². The van der Waals surface area contributed by atoms with Crippen molar-refractivity contribution < 1.29 is 0 Å². The number of halogens is 1. The van der Waals surface area contributed by atoms with Crippen LogP contribution >= 0.6 is 11.6 Å². The molecule has 0 fully saturated rings. The molecule has 0 aliphatic rings. The Kier molecular flexibility index (Phi) is 4.43. The summed E-state index contributed by atoms with van der Waals surface area (Å²) >= 11 is 5.92. The summed E-state index contributed by atoms with van der Waals surface area (Å²) in [5.74, 6) is 0. The molecule has 0 aliphatic carbocycles. The molecule has 2 heteroatoms. The summed E-state index contributed by atoms with van der Waals surface area (Å²) in [6.45, 7) is 6.02. The number of hydrogen-bond acceptors (Lipinski definition) is 1. The maximum atomic E-state index is 5.92. The van der Waals surface area contributed by atoms with E-state index in [1.54, 1.807) is 0 Å². The molecule has 78 valence electrons. The van der Waals surface area contributed by atoms with Crippen molar-refractivity contribution in [3.63, 3.8) is 0 Å². The van der Waals surface area contributed by atoms with Gasteiger partial charge in [-0.2, -0.15) is 0 Å². The molecule has 1 atom stereocenters. The predicted molar refractivity (Wildman–Crippen MR) is 62.8 cm³/mol. The Bertz CT molecular complexity index is 266. The van der Waals surface area contributed by atoms with Gasteiger partial charge >= 0.3 is 0 Å². The zero-order valence-electron chi connectivity index (χ0n) is 9.13. The lowest BCUT2D eigenvalue weighted by molar-refractivity contribution is 0.330. The maximum absolute atomic E-state index is 5.92. The van der Waals surface area contributed by atoms with E-state index in [2.05, 4.69) is 43.1 Å². The highest BCUT2D eigenvalue weighted by Crippen LogP contribution is 2.07. The van der Waals surface area contributed by atoms with E-state index in [0.29, 0.717) is 0 Å². The molecule has 1 aromatic carbocycles. The second kappa shape index (κ2) is 5.38. The Hall–Kier alpha value is -0.530. The van der Waals surface area contributed by atoms with Gasteiger partial charge in [0.2, 0.25) is 0 Å². The highest BCUT2D eigenvalue weighted by molar-refractivity contribution is 6.20. The lowest BCUT2D eigenvalue weighted by Gasteiger charge is -2.17. The van der Waals surface area contributed by atoms with Gasteiger partial charge in [-0.1, -0.05) is 29.8 Å². The van der Waals surface area contributed by atoms with E-state index in [1.807, 2.05) is 6.92 Å². The Morgan fingerprint density at radius 2 is 1.86 bits per heavy atom. The number of rotatable bonds is 4. The Labute approximate surface area is 91.7 Å². The molecule has 0 aliphatic heterocycles. The van der Waals surface area contributed by atoms with E-state index in [-0.39, 0.29) is 5.38 Å². The van der Waals surface area contributed by atoms with Gasteiger partial charge in [-0.25, -0.2) is 0 Å². The second-order valence-electron chi connectivity index (χ2n) is 3.96. The first-order chi connectivity index (χ1) is 6.58. The molecule has 0 amide bonds. The van der Waals surface area contributed by atoms with Crippen molar-refractivity contribution >= 4 is 11.6 Å². The van der Waals surface area contributed by atoms with Gasteiger partial charge in [0.15, 0.2) is 0 Å². The van der Waals surface area contributed by atoms with Gasteiger partial charge in [-0.15, -0.1) is 11.6 Å². The molecule has 0 N–H and O–H groups in total. The third kappa shape index (κ3) is 4.12. The van der Waals surface area contributed by atoms with Gasteiger partial charge in [-0.05, 0) is 26.5 Å². The highest BCUT2D eigenvalue weighted by Gasteiger charge is 2.03. The van der Waals surface area contributed by atoms with Crippen LogP contribution in [0.4, 0.5) is 0 Å². The van der Waals surface area contributed by atoms with Crippen LogP contribution in [0.1, 0.15) is 18.1 Å². The average molecular weight is 212 g/mol. The van der Waals surface area contributed by atoms with Crippen LogP contribution < -0.4 is 0 Å². The van der Waals surface area contributed by atoms with Gasteiger partial charge in [-0.3, -0.25) is 0 Å². The molecule has 1 nitrogen and oxygen atoms in total. The third-order valence-corrected chi connectivity index (χ3v) is 2.27. The molecule has 0 spiro atoms. The number of alkyl halides is 1. The van der Waals surface area contributed by atoms with Crippen LogP contribution in [0.15, 0.2) is 24.3 Å². The van der Waals surface area contributed by atoms with E-state index >= 15 is 0 Å². The van der Waals surface area contributed by atoms with E-state index in [9.17, 15) is 0 Å². The van der Waals surface area contributed by atoms with Crippen molar-refractivity contribution in [3.05, 3.63) is 35.4 Å². The van der Waals surface area contributed by atoms with Gasteiger partial charge < -0.3 is 4.90 Å². The second-order valence-corrected chi connectivity index (χ2v) is 4.71. The minimum Gasteiger partial charge on any atom is -0.301 e. The standard InChI is InChI=1S/C12H18ClN/c1-10-4-6-12(7-5-10)9-14(3)8-11(2)13/h4-7,11H,8-9H2,1-3H3. The zero-order valence-corrected chi connectivity index (χ0v) is 9.88. The zero-order chi connectivity index (χ0) is 10.6. The topological polar surface area (TPSA) is 3.24 Å². The van der Waals surface area contributed by atoms with Crippen molar-refractivity contribution in [2.24, 2.45) is 0 Å². The summed E-state index contributed by atoms with van der Waals surface area (Å²) in [6, 6.07) is 8.63. The molecular weight excluding hydrogens is 194 g/mol. The van der Waals surface area contributed by atoms with Gasteiger partial charge in [0.25, 0.3) is 0 Å². The van der Waals surface area contributed by atoms with Gasteiger partial charge in [0, 0.05) is 18.5 Å². The number of benzene rings is 1. The lowest BCUT2D eigenvalue weighted by Crippen LogP contribution is -2.24. The molecule has 0 heterocycles. The van der Waals surface area contributed by atoms with E-state index < -0.39 is 0 Å². The van der Waals surface area contributed by atoms with Crippen LogP contribution in [0.3, 0.4) is 0 Å². The quantitative estimate of drug-likeness (QED) is 0.692. The largest absolute Gasteiger partial charge is 0.301 e. The summed E-state index contributed by atoms with van der Waals surface area (Å²) in [6.07, 6.45) is 0. The molecular formula is C12H18ClN. The fourth-order valence-corrected chi connectivity index (χ4v) is 1.73. The van der Waals surface area contributed by atoms with Crippen LogP contribution in [0.5, 0.6) is 0 Å². The molecule has 1 aromatic rings. The molecule has 14 heavy (non-hydrogen) atoms. The highest BCUT2D eigenvalue weighted by atomic mass is 35.5. The number of hydrogen-bond donors (Lipinski definition) is 0. The van der Waals surface area contributed by atoms with Crippen molar-refractivity contribution in [2.75, 3.05) is 13.6 Å². The first-order valence-corrected chi connectivity index (χ1v) is 5.39. The van der Waals surface area contributed by atoms with Crippen LogP contribution in [0.25, 0.3) is 0 Å². The normalized spacial score (nSPS) is 13.2. The molecule has 0 bridgehead atoms. The Morgan fingerprint density at radius 3 is 2.36 bits per heavy atom. The van der Waals surface area contributed by atoms with Crippen LogP contribution in [0, 0.1) is 6.92 Å². The number of aryl methyl sites for hydroxylation is 1. The SMILES string of the molecule is Cc1ccc(CN(C)CC(C)Cl)cc1. The van der Waals surface area contributed by atoms with Crippen molar-refractivity contribution in [2.45, 2.75) is 25.8 Å². The summed E-state index contributed by atoms with van der Waals surface area (Å²) in [4.78, 5) is 2.24. The summed E-state index contributed by atoms with van der Waals surface area (Å²) in [5, 5.41) is 0.213. The van der Waals surface area contributed by atoms with Crippen LogP contribution in [-0.4, -0.2) is 23.9 Å². The molecule has 0 aromatic heterocycles. The summed E-state index contributed by atoms with van der Waals surface area (Å²) < 4.78 is 0. The fraction of sp³-hybridized carbons (Fsp3) is 0.500. The van der Waals surface area contributed by atoms with E-state index in [0.717, 1.165) is 13.1 Å². The van der Waals surface area contributed by atoms with Crippen LogP contribution in [-0.2, 0) is 6.54 Å². The van der Waals surface area contributed by atoms with E-state index in [4.69, 9.17) is 11.6 Å². The first kappa shape index (κ1) is 11.5. The number of nitrogens with zero attached hydrogens (tertiary/aromatic N) is 1. The Morgan fingerprint density at radius 1 is 1.29 bits per heavy atom. The predicted octanol–water partition coefficient (Wildman–Crippen LogP) is 3.05. The minimum atomic E-state index is 0.213. The van der Waals surface area contributed by atoms with Crippen molar-refractivity contribution in [1.82, 2.24) is 4.90 Å². The monoisotopic (exact) mass is 211 g/mol. The molecule has 1 rings (SSSR count).